The number of thiophene rings is 1. The van der Waals surface area contributed by atoms with E-state index in [1.807, 2.05) is 11.3 Å². The van der Waals surface area contributed by atoms with Crippen LogP contribution in [0.5, 0.6) is 0 Å². The van der Waals surface area contributed by atoms with E-state index in [0.29, 0.717) is 6.04 Å². The van der Waals surface area contributed by atoms with Crippen molar-refractivity contribution in [2.24, 2.45) is 0 Å². The molecule has 1 heterocycles. The van der Waals surface area contributed by atoms with E-state index in [1.54, 1.807) is 0 Å². The van der Waals surface area contributed by atoms with E-state index in [0.717, 1.165) is 12.5 Å². The zero-order valence-electron chi connectivity index (χ0n) is 13.2. The molecule has 1 nitrogen and oxygen atoms in total. The summed E-state index contributed by atoms with van der Waals surface area (Å²) in [4.78, 5) is 1.48. The molecule has 2 aromatic rings. The summed E-state index contributed by atoms with van der Waals surface area (Å²) in [6, 6.07) is 14.1. The summed E-state index contributed by atoms with van der Waals surface area (Å²) in [6.45, 7) is 7.92. The van der Waals surface area contributed by atoms with Crippen LogP contribution in [-0.2, 0) is 5.41 Å². The molecule has 0 aliphatic heterocycles. The molecule has 0 unspecified atom stereocenters. The van der Waals surface area contributed by atoms with Gasteiger partial charge in [0.15, 0.2) is 0 Å². The summed E-state index contributed by atoms with van der Waals surface area (Å²) >= 11 is 1.87. The third-order valence-electron chi connectivity index (χ3n) is 4.67. The SMILES string of the molecule is Cc1cccc(C2CC(NCC(C)(C)c3cccs3)C2)c1. The molecule has 1 aromatic heterocycles. The Morgan fingerprint density at radius 1 is 1.19 bits per heavy atom. The van der Waals surface area contributed by atoms with Gasteiger partial charge in [0.05, 0.1) is 0 Å². The zero-order chi connectivity index (χ0) is 14.9. The molecule has 2 heteroatoms. The van der Waals surface area contributed by atoms with Crippen molar-refractivity contribution in [3.05, 3.63) is 57.8 Å². The lowest BCUT2D eigenvalue weighted by molar-refractivity contribution is 0.273. The average molecular weight is 299 g/mol. The Labute approximate surface area is 132 Å². The van der Waals surface area contributed by atoms with Gasteiger partial charge >= 0.3 is 0 Å². The number of rotatable bonds is 5. The Hall–Kier alpha value is -1.12. The van der Waals surface area contributed by atoms with Crippen LogP contribution in [0.2, 0.25) is 0 Å². The lowest BCUT2D eigenvalue weighted by atomic mass is 9.75. The highest BCUT2D eigenvalue weighted by atomic mass is 32.1. The van der Waals surface area contributed by atoms with Crippen LogP contribution in [0.3, 0.4) is 0 Å². The molecule has 0 spiro atoms. The molecule has 1 aliphatic carbocycles. The molecule has 1 N–H and O–H groups in total. The van der Waals surface area contributed by atoms with Gasteiger partial charge < -0.3 is 5.32 Å². The number of aryl methyl sites for hydroxylation is 1. The van der Waals surface area contributed by atoms with Crippen LogP contribution in [0.15, 0.2) is 41.8 Å². The van der Waals surface area contributed by atoms with Gasteiger partial charge in [-0.3, -0.25) is 0 Å². The van der Waals surface area contributed by atoms with Crippen molar-refractivity contribution in [1.82, 2.24) is 5.32 Å². The van der Waals surface area contributed by atoms with Gasteiger partial charge in [-0.15, -0.1) is 11.3 Å². The van der Waals surface area contributed by atoms with E-state index >= 15 is 0 Å². The maximum atomic E-state index is 3.77. The molecule has 21 heavy (non-hydrogen) atoms. The Morgan fingerprint density at radius 3 is 2.67 bits per heavy atom. The van der Waals surface area contributed by atoms with Crippen LogP contribution in [0, 0.1) is 6.92 Å². The topological polar surface area (TPSA) is 12.0 Å². The lowest BCUT2D eigenvalue weighted by Crippen LogP contribution is -2.45. The van der Waals surface area contributed by atoms with E-state index < -0.39 is 0 Å². The van der Waals surface area contributed by atoms with Crippen LogP contribution >= 0.6 is 11.3 Å². The van der Waals surface area contributed by atoms with Crippen molar-refractivity contribution in [2.45, 2.75) is 51.0 Å². The molecule has 1 saturated carbocycles. The second-order valence-electron chi connectivity index (χ2n) is 7.02. The van der Waals surface area contributed by atoms with Crippen LogP contribution in [-0.4, -0.2) is 12.6 Å². The van der Waals surface area contributed by atoms with Crippen molar-refractivity contribution < 1.29 is 0 Å². The van der Waals surface area contributed by atoms with Crippen LogP contribution in [0.25, 0.3) is 0 Å². The predicted octanol–water partition coefficient (Wildman–Crippen LogP) is 4.87. The maximum absolute atomic E-state index is 3.77. The first-order valence-electron chi connectivity index (χ1n) is 7.88. The molecule has 1 aromatic carbocycles. The average Bonchev–Trinajstić information content (AvgIpc) is 2.91. The minimum Gasteiger partial charge on any atom is -0.313 e. The second-order valence-corrected chi connectivity index (χ2v) is 7.97. The van der Waals surface area contributed by atoms with Crippen LogP contribution < -0.4 is 5.32 Å². The molecule has 1 aliphatic rings. The molecule has 3 rings (SSSR count). The smallest absolute Gasteiger partial charge is 0.0115 e. The Kier molecular flexibility index (Phi) is 4.19. The highest BCUT2D eigenvalue weighted by molar-refractivity contribution is 7.10. The number of benzene rings is 1. The van der Waals surface area contributed by atoms with Gasteiger partial charge in [-0.25, -0.2) is 0 Å². The first kappa shape index (κ1) is 14.8. The van der Waals surface area contributed by atoms with Gasteiger partial charge in [-0.1, -0.05) is 49.7 Å². The third kappa shape index (κ3) is 3.38. The molecule has 0 saturated heterocycles. The lowest BCUT2D eigenvalue weighted by Gasteiger charge is -2.38. The largest absolute Gasteiger partial charge is 0.313 e. The van der Waals surface area contributed by atoms with Gasteiger partial charge in [-0.05, 0) is 42.7 Å². The van der Waals surface area contributed by atoms with E-state index in [2.05, 4.69) is 67.9 Å². The van der Waals surface area contributed by atoms with Gasteiger partial charge in [0.1, 0.15) is 0 Å². The normalized spacial score (nSPS) is 22.0. The van der Waals surface area contributed by atoms with E-state index in [1.165, 1.54) is 28.8 Å². The Morgan fingerprint density at radius 2 is 2.00 bits per heavy atom. The van der Waals surface area contributed by atoms with Gasteiger partial charge in [-0.2, -0.15) is 0 Å². The van der Waals surface area contributed by atoms with Gasteiger partial charge in [0.2, 0.25) is 0 Å². The fourth-order valence-corrected chi connectivity index (χ4v) is 3.98. The van der Waals surface area contributed by atoms with Crippen molar-refractivity contribution in [3.8, 4) is 0 Å². The molecule has 1 fully saturated rings. The first-order valence-corrected chi connectivity index (χ1v) is 8.76. The van der Waals surface area contributed by atoms with Crippen molar-refractivity contribution in [2.75, 3.05) is 6.54 Å². The number of nitrogens with one attached hydrogen (secondary N) is 1. The summed E-state index contributed by atoms with van der Waals surface area (Å²) in [5, 5.41) is 5.94. The standard InChI is InChI=1S/C19H25NS/c1-14-6-4-7-15(10-14)16-11-17(12-16)20-13-19(2,3)18-8-5-9-21-18/h4-10,16-17,20H,11-13H2,1-3H3. The fourth-order valence-electron chi connectivity index (χ4n) is 3.13. The van der Waals surface area contributed by atoms with Gasteiger partial charge in [0, 0.05) is 22.9 Å². The quantitative estimate of drug-likeness (QED) is 0.830. The highest BCUT2D eigenvalue weighted by Crippen LogP contribution is 2.37. The van der Waals surface area contributed by atoms with Crippen molar-refractivity contribution >= 4 is 11.3 Å². The molecule has 0 amide bonds. The summed E-state index contributed by atoms with van der Waals surface area (Å²) < 4.78 is 0. The van der Waals surface area contributed by atoms with E-state index in [-0.39, 0.29) is 5.41 Å². The Bertz CT molecular complexity index is 579. The molecule has 112 valence electrons. The van der Waals surface area contributed by atoms with Crippen LogP contribution in [0.4, 0.5) is 0 Å². The minimum atomic E-state index is 0.239. The summed E-state index contributed by atoms with van der Waals surface area (Å²) in [7, 11) is 0. The second kappa shape index (κ2) is 5.94. The molecule has 0 bridgehead atoms. The van der Waals surface area contributed by atoms with Crippen molar-refractivity contribution in [3.63, 3.8) is 0 Å². The van der Waals surface area contributed by atoms with E-state index in [4.69, 9.17) is 0 Å². The molecular weight excluding hydrogens is 274 g/mol. The maximum Gasteiger partial charge on any atom is 0.0115 e. The summed E-state index contributed by atoms with van der Waals surface area (Å²) in [6.07, 6.45) is 2.56. The van der Waals surface area contributed by atoms with Gasteiger partial charge in [0.25, 0.3) is 0 Å². The third-order valence-corrected chi connectivity index (χ3v) is 5.91. The summed E-state index contributed by atoms with van der Waals surface area (Å²) in [5.74, 6) is 0.757. The zero-order valence-corrected chi connectivity index (χ0v) is 14.0. The number of hydrogen-bond donors (Lipinski definition) is 1. The molecule has 0 atom stereocenters. The Balaban J connectivity index is 1.49. The van der Waals surface area contributed by atoms with Crippen LogP contribution in [0.1, 0.15) is 48.6 Å². The van der Waals surface area contributed by atoms with E-state index in [9.17, 15) is 0 Å². The monoisotopic (exact) mass is 299 g/mol. The predicted molar refractivity (Wildman–Crippen MR) is 92.3 cm³/mol. The minimum absolute atomic E-state index is 0.239. The fraction of sp³-hybridized carbons (Fsp3) is 0.474. The van der Waals surface area contributed by atoms with Crippen molar-refractivity contribution in [1.29, 1.82) is 0 Å². The molecule has 0 radical (unpaired) electrons. The summed E-state index contributed by atoms with van der Waals surface area (Å²) in [5.41, 5.74) is 3.14. The molecular formula is C19H25NS. The highest BCUT2D eigenvalue weighted by Gasteiger charge is 2.32. The first-order chi connectivity index (χ1) is 10.0. The number of hydrogen-bond acceptors (Lipinski definition) is 2.